The molecule has 0 radical (unpaired) electrons. The second-order valence-electron chi connectivity index (χ2n) is 6.53. The van der Waals surface area contributed by atoms with E-state index in [-0.39, 0.29) is 5.91 Å². The van der Waals surface area contributed by atoms with Gasteiger partial charge in [-0.1, -0.05) is 24.3 Å². The largest absolute Gasteiger partial charge is 0.492 e. The number of hydrogen-bond acceptors (Lipinski definition) is 5. The van der Waals surface area contributed by atoms with Crippen LogP contribution in [-0.2, 0) is 17.8 Å². The van der Waals surface area contributed by atoms with Gasteiger partial charge in [-0.3, -0.25) is 9.69 Å². The normalized spacial score (nSPS) is 14.7. The highest BCUT2D eigenvalue weighted by molar-refractivity contribution is 5.94. The molecule has 0 aromatic heterocycles. The molecule has 1 aliphatic rings. The molecule has 1 heterocycles. The second kappa shape index (κ2) is 10.1. The number of amides is 1. The summed E-state index contributed by atoms with van der Waals surface area (Å²) in [5.41, 5.74) is 8.22. The summed E-state index contributed by atoms with van der Waals surface area (Å²) in [5.74, 6) is 0.722. The third kappa shape index (κ3) is 6.06. The van der Waals surface area contributed by atoms with Gasteiger partial charge in [-0.15, -0.1) is 0 Å². The Balaban J connectivity index is 1.45. The van der Waals surface area contributed by atoms with Crippen LogP contribution in [0.1, 0.15) is 21.5 Å². The third-order valence-electron chi connectivity index (χ3n) is 4.58. The summed E-state index contributed by atoms with van der Waals surface area (Å²) < 4.78 is 11.2. The Kier molecular flexibility index (Phi) is 7.21. The molecule has 2 aromatic rings. The maximum Gasteiger partial charge on any atom is 0.251 e. The fraction of sp³-hybridized carbons (Fsp3) is 0.381. The average Bonchev–Trinajstić information content (AvgIpc) is 2.73. The molecular formula is C21H27N3O3. The monoisotopic (exact) mass is 369 g/mol. The summed E-state index contributed by atoms with van der Waals surface area (Å²) in [4.78, 5) is 14.6. The van der Waals surface area contributed by atoms with E-state index in [4.69, 9.17) is 15.2 Å². The zero-order valence-corrected chi connectivity index (χ0v) is 15.5. The van der Waals surface area contributed by atoms with Gasteiger partial charge >= 0.3 is 0 Å². The average molecular weight is 369 g/mol. The molecule has 3 rings (SSSR count). The van der Waals surface area contributed by atoms with Crippen LogP contribution in [0.4, 0.5) is 0 Å². The van der Waals surface area contributed by atoms with E-state index in [9.17, 15) is 4.79 Å². The topological polar surface area (TPSA) is 76.8 Å². The molecule has 1 saturated heterocycles. The first-order valence-corrected chi connectivity index (χ1v) is 9.33. The number of benzene rings is 2. The minimum absolute atomic E-state index is 0.0998. The Hall–Kier alpha value is -2.41. The summed E-state index contributed by atoms with van der Waals surface area (Å²) in [6.45, 7) is 5.97. The van der Waals surface area contributed by atoms with Gasteiger partial charge in [0.15, 0.2) is 0 Å². The van der Waals surface area contributed by atoms with Crippen LogP contribution in [-0.4, -0.2) is 50.3 Å². The summed E-state index contributed by atoms with van der Waals surface area (Å²) in [6, 6.07) is 15.2. The van der Waals surface area contributed by atoms with Gasteiger partial charge in [-0.05, 0) is 35.4 Å². The van der Waals surface area contributed by atoms with Gasteiger partial charge in [0.05, 0.1) is 13.2 Å². The number of nitrogens with two attached hydrogens (primary N) is 1. The van der Waals surface area contributed by atoms with Crippen molar-refractivity contribution in [1.82, 2.24) is 10.2 Å². The van der Waals surface area contributed by atoms with Crippen molar-refractivity contribution in [1.29, 1.82) is 0 Å². The Morgan fingerprint density at radius 3 is 2.63 bits per heavy atom. The lowest BCUT2D eigenvalue weighted by atomic mass is 10.1. The lowest BCUT2D eigenvalue weighted by Gasteiger charge is -2.26. The molecule has 1 aliphatic heterocycles. The molecule has 6 heteroatoms. The Morgan fingerprint density at radius 2 is 1.89 bits per heavy atom. The van der Waals surface area contributed by atoms with Crippen molar-refractivity contribution in [3.8, 4) is 5.75 Å². The predicted octanol–water partition coefficient (Wildman–Crippen LogP) is 1.79. The van der Waals surface area contributed by atoms with E-state index in [1.807, 2.05) is 36.4 Å². The van der Waals surface area contributed by atoms with Gasteiger partial charge in [0, 0.05) is 38.3 Å². The van der Waals surface area contributed by atoms with E-state index in [0.29, 0.717) is 25.3 Å². The van der Waals surface area contributed by atoms with Gasteiger partial charge in [0.1, 0.15) is 12.4 Å². The standard InChI is InChI=1S/C21H27N3O3/c22-15-17-4-6-19(7-5-17)21(25)23-16-18-2-1-3-20(14-18)27-13-10-24-8-11-26-12-9-24/h1-7,14H,8-13,15-16,22H2,(H,23,25). The predicted molar refractivity (Wildman–Crippen MR) is 105 cm³/mol. The van der Waals surface area contributed by atoms with Crippen LogP contribution in [0.3, 0.4) is 0 Å². The molecule has 0 saturated carbocycles. The van der Waals surface area contributed by atoms with Crippen LogP contribution in [0.25, 0.3) is 0 Å². The van der Waals surface area contributed by atoms with Gasteiger partial charge in [-0.2, -0.15) is 0 Å². The highest BCUT2D eigenvalue weighted by atomic mass is 16.5. The number of carbonyl (C=O) groups is 1. The molecule has 0 aliphatic carbocycles. The molecule has 1 fully saturated rings. The van der Waals surface area contributed by atoms with E-state index >= 15 is 0 Å². The maximum absolute atomic E-state index is 12.3. The number of nitrogens with zero attached hydrogens (tertiary/aromatic N) is 1. The Labute approximate surface area is 160 Å². The van der Waals surface area contributed by atoms with Crippen LogP contribution in [0.5, 0.6) is 5.75 Å². The number of rotatable bonds is 8. The van der Waals surface area contributed by atoms with Crippen molar-refractivity contribution < 1.29 is 14.3 Å². The Morgan fingerprint density at radius 1 is 1.11 bits per heavy atom. The van der Waals surface area contributed by atoms with Crippen LogP contribution >= 0.6 is 0 Å². The summed E-state index contributed by atoms with van der Waals surface area (Å²) in [5, 5.41) is 2.94. The highest BCUT2D eigenvalue weighted by Crippen LogP contribution is 2.14. The smallest absolute Gasteiger partial charge is 0.251 e. The number of nitrogens with one attached hydrogen (secondary N) is 1. The first kappa shape index (κ1) is 19.4. The molecule has 0 spiro atoms. The molecule has 6 nitrogen and oxygen atoms in total. The molecule has 144 valence electrons. The molecule has 0 atom stereocenters. The van der Waals surface area contributed by atoms with Gasteiger partial charge in [0.2, 0.25) is 0 Å². The summed E-state index contributed by atoms with van der Waals surface area (Å²) >= 11 is 0. The molecule has 27 heavy (non-hydrogen) atoms. The minimum Gasteiger partial charge on any atom is -0.492 e. The van der Waals surface area contributed by atoms with E-state index < -0.39 is 0 Å². The fourth-order valence-electron chi connectivity index (χ4n) is 2.94. The zero-order valence-electron chi connectivity index (χ0n) is 15.5. The van der Waals surface area contributed by atoms with Crippen molar-refractivity contribution in [2.45, 2.75) is 13.1 Å². The number of morpholine rings is 1. The van der Waals surface area contributed by atoms with E-state index in [2.05, 4.69) is 10.2 Å². The highest BCUT2D eigenvalue weighted by Gasteiger charge is 2.10. The lowest BCUT2D eigenvalue weighted by Crippen LogP contribution is -2.38. The Bertz CT molecular complexity index is 728. The second-order valence-corrected chi connectivity index (χ2v) is 6.53. The van der Waals surface area contributed by atoms with Gasteiger partial charge in [0.25, 0.3) is 5.91 Å². The fourth-order valence-corrected chi connectivity index (χ4v) is 2.94. The van der Waals surface area contributed by atoms with Crippen molar-refractivity contribution >= 4 is 5.91 Å². The maximum atomic E-state index is 12.3. The quantitative estimate of drug-likeness (QED) is 0.742. The van der Waals surface area contributed by atoms with Crippen molar-refractivity contribution in [3.05, 3.63) is 65.2 Å². The number of carbonyl (C=O) groups excluding carboxylic acids is 1. The van der Waals surface area contributed by atoms with Crippen molar-refractivity contribution in [3.63, 3.8) is 0 Å². The molecular weight excluding hydrogens is 342 g/mol. The zero-order chi connectivity index (χ0) is 18.9. The van der Waals surface area contributed by atoms with Crippen LogP contribution in [0.2, 0.25) is 0 Å². The molecule has 3 N–H and O–H groups in total. The molecule has 1 amide bonds. The molecule has 0 unspecified atom stereocenters. The first-order valence-electron chi connectivity index (χ1n) is 9.33. The minimum atomic E-state index is -0.0998. The first-order chi connectivity index (χ1) is 13.2. The van der Waals surface area contributed by atoms with Gasteiger partial charge in [-0.25, -0.2) is 0 Å². The van der Waals surface area contributed by atoms with Crippen LogP contribution in [0.15, 0.2) is 48.5 Å². The van der Waals surface area contributed by atoms with E-state index in [0.717, 1.165) is 49.7 Å². The van der Waals surface area contributed by atoms with Crippen LogP contribution < -0.4 is 15.8 Å². The molecule has 2 aromatic carbocycles. The number of hydrogen-bond donors (Lipinski definition) is 2. The molecule has 0 bridgehead atoms. The SMILES string of the molecule is NCc1ccc(C(=O)NCc2cccc(OCCN3CCOCC3)c2)cc1. The van der Waals surface area contributed by atoms with Crippen molar-refractivity contribution in [2.24, 2.45) is 5.73 Å². The lowest BCUT2D eigenvalue weighted by molar-refractivity contribution is 0.0322. The summed E-state index contributed by atoms with van der Waals surface area (Å²) in [7, 11) is 0. The number of ether oxygens (including phenoxy) is 2. The van der Waals surface area contributed by atoms with Crippen LogP contribution in [0, 0.1) is 0 Å². The van der Waals surface area contributed by atoms with E-state index in [1.165, 1.54) is 0 Å². The third-order valence-corrected chi connectivity index (χ3v) is 4.58. The van der Waals surface area contributed by atoms with E-state index in [1.54, 1.807) is 12.1 Å². The van der Waals surface area contributed by atoms with Crippen molar-refractivity contribution in [2.75, 3.05) is 39.5 Å². The summed E-state index contributed by atoms with van der Waals surface area (Å²) in [6.07, 6.45) is 0. The van der Waals surface area contributed by atoms with Gasteiger partial charge < -0.3 is 20.5 Å².